The Bertz CT molecular complexity index is 474. The molecule has 4 nitrogen and oxygen atoms in total. The van der Waals surface area contributed by atoms with Crippen molar-refractivity contribution in [2.45, 2.75) is 24.1 Å². The number of sulfonamides is 1. The van der Waals surface area contributed by atoms with Crippen molar-refractivity contribution < 1.29 is 13.2 Å². The molecule has 1 aromatic rings. The minimum absolute atomic E-state index is 0.209. The highest BCUT2D eigenvalue weighted by atomic mass is 35.5. The summed E-state index contributed by atoms with van der Waals surface area (Å²) < 4.78 is 31.3. The van der Waals surface area contributed by atoms with Crippen LogP contribution in [-0.2, 0) is 15.9 Å². The number of methoxy groups -OCH3 is 1. The van der Waals surface area contributed by atoms with E-state index in [9.17, 15) is 8.42 Å². The van der Waals surface area contributed by atoms with Crippen LogP contribution in [0, 0.1) is 0 Å². The highest BCUT2D eigenvalue weighted by Gasteiger charge is 2.15. The molecule has 0 spiro atoms. The molecular weight excluding hydrogens is 262 g/mol. The van der Waals surface area contributed by atoms with Gasteiger partial charge in [-0.3, -0.25) is 0 Å². The van der Waals surface area contributed by atoms with Crippen molar-refractivity contribution >= 4 is 21.6 Å². The van der Waals surface area contributed by atoms with E-state index < -0.39 is 10.0 Å². The quantitative estimate of drug-likeness (QED) is 0.811. The van der Waals surface area contributed by atoms with Crippen LogP contribution in [0.4, 0.5) is 0 Å². The molecule has 96 valence electrons. The molecular formula is C11H16ClNO3S. The molecule has 0 unspecified atom stereocenters. The van der Waals surface area contributed by atoms with Gasteiger partial charge < -0.3 is 4.74 Å². The van der Waals surface area contributed by atoms with E-state index in [1.165, 1.54) is 19.2 Å². The first-order chi connectivity index (χ1) is 8.05. The van der Waals surface area contributed by atoms with Gasteiger partial charge >= 0.3 is 0 Å². The van der Waals surface area contributed by atoms with Gasteiger partial charge in [-0.15, -0.1) is 11.6 Å². The van der Waals surface area contributed by atoms with E-state index in [-0.39, 0.29) is 10.8 Å². The van der Waals surface area contributed by atoms with E-state index in [4.69, 9.17) is 16.3 Å². The SMILES string of the molecule is CCCNS(=O)(=O)c1ccc(OC)c(CCl)c1. The second kappa shape index (κ2) is 6.23. The number of hydrogen-bond acceptors (Lipinski definition) is 3. The Morgan fingerprint density at radius 2 is 2.12 bits per heavy atom. The highest BCUT2D eigenvalue weighted by molar-refractivity contribution is 7.89. The summed E-state index contributed by atoms with van der Waals surface area (Å²) in [5.41, 5.74) is 0.661. The molecule has 0 aliphatic carbocycles. The lowest BCUT2D eigenvalue weighted by Crippen LogP contribution is -2.24. The van der Waals surface area contributed by atoms with Gasteiger partial charge in [0.25, 0.3) is 0 Å². The Kier molecular flexibility index (Phi) is 5.24. The Morgan fingerprint density at radius 3 is 2.65 bits per heavy atom. The molecule has 0 aromatic heterocycles. The van der Waals surface area contributed by atoms with Crippen LogP contribution in [0.3, 0.4) is 0 Å². The second-order valence-corrected chi connectivity index (χ2v) is 5.54. The topological polar surface area (TPSA) is 55.4 Å². The molecule has 1 rings (SSSR count). The number of halogens is 1. The zero-order valence-electron chi connectivity index (χ0n) is 9.86. The maximum Gasteiger partial charge on any atom is 0.240 e. The molecule has 0 aliphatic rings. The molecule has 0 bridgehead atoms. The van der Waals surface area contributed by atoms with Gasteiger partial charge in [0.05, 0.1) is 17.9 Å². The number of rotatable bonds is 6. The molecule has 6 heteroatoms. The van der Waals surface area contributed by atoms with Crippen molar-refractivity contribution in [1.29, 1.82) is 0 Å². The van der Waals surface area contributed by atoms with Crippen molar-refractivity contribution in [3.05, 3.63) is 23.8 Å². The van der Waals surface area contributed by atoms with E-state index in [1.54, 1.807) is 6.07 Å². The fourth-order valence-corrected chi connectivity index (χ4v) is 2.74. The Hall–Kier alpha value is -0.780. The maximum absolute atomic E-state index is 11.9. The molecule has 17 heavy (non-hydrogen) atoms. The van der Waals surface area contributed by atoms with Crippen LogP contribution in [0.15, 0.2) is 23.1 Å². The lowest BCUT2D eigenvalue weighted by molar-refractivity contribution is 0.411. The average molecular weight is 278 g/mol. The predicted octanol–water partition coefficient (Wildman–Crippen LogP) is 2.12. The third kappa shape index (κ3) is 3.59. The van der Waals surface area contributed by atoms with E-state index in [0.717, 1.165) is 6.42 Å². The van der Waals surface area contributed by atoms with Crippen molar-refractivity contribution in [2.75, 3.05) is 13.7 Å². The molecule has 1 N–H and O–H groups in total. The van der Waals surface area contributed by atoms with E-state index in [1.807, 2.05) is 6.92 Å². The number of benzene rings is 1. The van der Waals surface area contributed by atoms with Crippen LogP contribution in [0.1, 0.15) is 18.9 Å². The molecule has 0 saturated heterocycles. The largest absolute Gasteiger partial charge is 0.496 e. The zero-order chi connectivity index (χ0) is 12.9. The first kappa shape index (κ1) is 14.3. The monoisotopic (exact) mass is 277 g/mol. The molecule has 0 radical (unpaired) electrons. The van der Waals surface area contributed by atoms with E-state index in [0.29, 0.717) is 17.9 Å². The van der Waals surface area contributed by atoms with E-state index >= 15 is 0 Å². The third-order valence-corrected chi connectivity index (χ3v) is 3.99. The Morgan fingerprint density at radius 1 is 1.41 bits per heavy atom. The first-order valence-electron chi connectivity index (χ1n) is 5.27. The van der Waals surface area contributed by atoms with Crippen LogP contribution >= 0.6 is 11.6 Å². The van der Waals surface area contributed by atoms with E-state index in [2.05, 4.69) is 4.72 Å². The van der Waals surface area contributed by atoms with Crippen LogP contribution < -0.4 is 9.46 Å². The van der Waals surface area contributed by atoms with Gasteiger partial charge in [0, 0.05) is 12.1 Å². The van der Waals surface area contributed by atoms with Crippen LogP contribution in [0.5, 0.6) is 5.75 Å². The van der Waals surface area contributed by atoms with Gasteiger partial charge in [-0.05, 0) is 24.6 Å². The minimum atomic E-state index is -3.44. The summed E-state index contributed by atoms with van der Waals surface area (Å²) in [4.78, 5) is 0.211. The van der Waals surface area contributed by atoms with Crippen molar-refractivity contribution in [3.63, 3.8) is 0 Å². The van der Waals surface area contributed by atoms with Crippen LogP contribution in [0.25, 0.3) is 0 Å². The minimum Gasteiger partial charge on any atom is -0.496 e. The van der Waals surface area contributed by atoms with Gasteiger partial charge in [0.2, 0.25) is 10.0 Å². The molecule has 1 aromatic carbocycles. The Balaban J connectivity index is 3.07. The summed E-state index contributed by atoms with van der Waals surface area (Å²) in [7, 11) is -1.92. The fraction of sp³-hybridized carbons (Fsp3) is 0.455. The smallest absolute Gasteiger partial charge is 0.240 e. The van der Waals surface area contributed by atoms with Crippen molar-refractivity contribution in [2.24, 2.45) is 0 Å². The number of ether oxygens (including phenoxy) is 1. The second-order valence-electron chi connectivity index (χ2n) is 3.51. The first-order valence-corrected chi connectivity index (χ1v) is 7.29. The third-order valence-electron chi connectivity index (χ3n) is 2.25. The Labute approximate surface area is 107 Å². The predicted molar refractivity (Wildman–Crippen MR) is 68.0 cm³/mol. The lowest BCUT2D eigenvalue weighted by atomic mass is 10.2. The summed E-state index contributed by atoms with van der Waals surface area (Å²) in [5, 5.41) is 0. The average Bonchev–Trinajstić information content (AvgIpc) is 2.35. The number of alkyl halides is 1. The summed E-state index contributed by atoms with van der Waals surface area (Å²) in [5.74, 6) is 0.801. The van der Waals surface area contributed by atoms with Gasteiger partial charge in [0.15, 0.2) is 0 Å². The molecule has 0 saturated carbocycles. The van der Waals surface area contributed by atoms with Gasteiger partial charge in [-0.25, -0.2) is 13.1 Å². The standard InChI is InChI=1S/C11H16ClNO3S/c1-3-6-13-17(14,15)10-4-5-11(16-2)9(7-10)8-12/h4-5,7,13H,3,6,8H2,1-2H3. The molecule has 0 fully saturated rings. The summed E-state index contributed by atoms with van der Waals surface area (Å²) in [6.45, 7) is 2.32. The van der Waals surface area contributed by atoms with Crippen molar-refractivity contribution in [1.82, 2.24) is 4.72 Å². The van der Waals surface area contributed by atoms with Gasteiger partial charge in [0.1, 0.15) is 5.75 Å². The van der Waals surface area contributed by atoms with Crippen LogP contribution in [0.2, 0.25) is 0 Å². The lowest BCUT2D eigenvalue weighted by Gasteiger charge is -2.09. The summed E-state index contributed by atoms with van der Waals surface area (Å²) in [6, 6.07) is 4.65. The highest BCUT2D eigenvalue weighted by Crippen LogP contribution is 2.23. The normalized spacial score (nSPS) is 11.5. The zero-order valence-corrected chi connectivity index (χ0v) is 11.4. The van der Waals surface area contributed by atoms with Crippen LogP contribution in [-0.4, -0.2) is 22.1 Å². The maximum atomic E-state index is 11.9. The van der Waals surface area contributed by atoms with Gasteiger partial charge in [-0.1, -0.05) is 6.92 Å². The summed E-state index contributed by atoms with van der Waals surface area (Å²) in [6.07, 6.45) is 0.748. The molecule has 0 aliphatic heterocycles. The summed E-state index contributed by atoms with van der Waals surface area (Å²) >= 11 is 5.74. The molecule has 0 atom stereocenters. The fourth-order valence-electron chi connectivity index (χ4n) is 1.35. The number of hydrogen-bond donors (Lipinski definition) is 1. The molecule has 0 heterocycles. The van der Waals surface area contributed by atoms with Crippen molar-refractivity contribution in [3.8, 4) is 5.75 Å². The number of nitrogens with one attached hydrogen (secondary N) is 1. The molecule has 0 amide bonds. The van der Waals surface area contributed by atoms with Gasteiger partial charge in [-0.2, -0.15) is 0 Å².